The molecule has 27 heavy (non-hydrogen) atoms. The van der Waals surface area contributed by atoms with Crippen LogP contribution >= 0.6 is 0 Å². The Balaban J connectivity index is 1.34. The summed E-state index contributed by atoms with van der Waals surface area (Å²) in [4.78, 5) is 14.6. The minimum absolute atomic E-state index is 0.0297. The second-order valence-corrected chi connectivity index (χ2v) is 6.83. The molecule has 1 fully saturated rings. The number of amides is 1. The molecule has 8 nitrogen and oxygen atoms in total. The van der Waals surface area contributed by atoms with E-state index in [0.717, 1.165) is 22.8 Å². The summed E-state index contributed by atoms with van der Waals surface area (Å²) in [5, 5.41) is 12.7. The number of carbonyl (C=O) groups excluding carboxylic acids is 1. The van der Waals surface area contributed by atoms with Crippen LogP contribution in [0.4, 0.5) is 0 Å². The van der Waals surface area contributed by atoms with E-state index >= 15 is 0 Å². The van der Waals surface area contributed by atoms with Gasteiger partial charge in [0.05, 0.1) is 23.5 Å². The number of aryl methyl sites for hydroxylation is 2. The van der Waals surface area contributed by atoms with Crippen LogP contribution in [0, 0.1) is 13.8 Å². The largest absolute Gasteiger partial charge is 0.487 e. The van der Waals surface area contributed by atoms with Gasteiger partial charge in [0.2, 0.25) is 0 Å². The molecule has 0 bridgehead atoms. The predicted molar refractivity (Wildman–Crippen MR) is 98.4 cm³/mol. The fourth-order valence-electron chi connectivity index (χ4n) is 3.26. The van der Waals surface area contributed by atoms with Crippen LogP contribution in [0.3, 0.4) is 0 Å². The van der Waals surface area contributed by atoms with E-state index in [9.17, 15) is 4.79 Å². The lowest BCUT2D eigenvalue weighted by Gasteiger charge is -2.38. The van der Waals surface area contributed by atoms with E-state index in [-0.39, 0.29) is 11.9 Å². The van der Waals surface area contributed by atoms with Crippen molar-refractivity contribution in [2.75, 3.05) is 13.1 Å². The maximum Gasteiger partial charge on any atom is 0.257 e. The lowest BCUT2D eigenvalue weighted by atomic mass is 10.1. The van der Waals surface area contributed by atoms with Gasteiger partial charge < -0.3 is 9.64 Å². The lowest BCUT2D eigenvalue weighted by Crippen LogP contribution is -2.51. The molecule has 3 aromatic rings. The summed E-state index contributed by atoms with van der Waals surface area (Å²) in [5.41, 5.74) is 3.13. The van der Waals surface area contributed by atoms with E-state index < -0.39 is 0 Å². The predicted octanol–water partition coefficient (Wildman–Crippen LogP) is 1.90. The summed E-state index contributed by atoms with van der Waals surface area (Å²) in [7, 11) is 1.85. The van der Waals surface area contributed by atoms with Gasteiger partial charge in [0, 0.05) is 25.8 Å². The van der Waals surface area contributed by atoms with Crippen molar-refractivity contribution in [3.63, 3.8) is 0 Å². The first-order chi connectivity index (χ1) is 13.0. The van der Waals surface area contributed by atoms with E-state index in [1.165, 1.54) is 0 Å². The minimum Gasteiger partial charge on any atom is -0.487 e. The zero-order chi connectivity index (χ0) is 19.0. The number of carbonyl (C=O) groups is 1. The van der Waals surface area contributed by atoms with Crippen molar-refractivity contribution in [1.29, 1.82) is 0 Å². The number of rotatable bonds is 5. The second-order valence-electron chi connectivity index (χ2n) is 6.83. The standard InChI is InChI=1S/C19H22N6O2/c1-13-18(14(2)23(3)21-13)19(26)24-10-16(11-24)25-9-15(20-22-25)12-27-17-7-5-4-6-8-17/h4-9,16H,10-12H2,1-3H3. The summed E-state index contributed by atoms with van der Waals surface area (Å²) >= 11 is 0. The number of hydrogen-bond acceptors (Lipinski definition) is 5. The molecule has 0 radical (unpaired) electrons. The SMILES string of the molecule is Cc1nn(C)c(C)c1C(=O)N1CC(n2cc(COc3ccccc3)nn2)C1. The second kappa shape index (κ2) is 6.86. The fraction of sp³-hybridized carbons (Fsp3) is 0.368. The molecule has 2 aromatic heterocycles. The maximum atomic E-state index is 12.7. The third-order valence-electron chi connectivity index (χ3n) is 4.93. The Morgan fingerprint density at radius 2 is 1.96 bits per heavy atom. The average Bonchev–Trinajstić information content (AvgIpc) is 3.17. The Morgan fingerprint density at radius 1 is 1.22 bits per heavy atom. The van der Waals surface area contributed by atoms with E-state index in [4.69, 9.17) is 4.74 Å². The number of benzene rings is 1. The van der Waals surface area contributed by atoms with Crippen molar-refractivity contribution in [3.05, 3.63) is 59.2 Å². The molecule has 1 aliphatic rings. The van der Waals surface area contributed by atoms with Crippen molar-refractivity contribution in [1.82, 2.24) is 29.7 Å². The van der Waals surface area contributed by atoms with Crippen LogP contribution < -0.4 is 4.74 Å². The monoisotopic (exact) mass is 366 g/mol. The maximum absolute atomic E-state index is 12.7. The van der Waals surface area contributed by atoms with Gasteiger partial charge >= 0.3 is 0 Å². The van der Waals surface area contributed by atoms with Crippen molar-refractivity contribution in [2.24, 2.45) is 7.05 Å². The molecule has 1 saturated heterocycles. The Bertz CT molecular complexity index is 956. The zero-order valence-corrected chi connectivity index (χ0v) is 15.7. The quantitative estimate of drug-likeness (QED) is 0.689. The first-order valence-corrected chi connectivity index (χ1v) is 8.91. The molecule has 0 unspecified atom stereocenters. The van der Waals surface area contributed by atoms with E-state index in [1.54, 1.807) is 4.68 Å². The Hall–Kier alpha value is -3.16. The molecule has 8 heteroatoms. The van der Waals surface area contributed by atoms with Crippen LogP contribution in [-0.2, 0) is 13.7 Å². The lowest BCUT2D eigenvalue weighted by molar-refractivity contribution is 0.0496. The molecule has 0 N–H and O–H groups in total. The van der Waals surface area contributed by atoms with Crippen LogP contribution in [0.5, 0.6) is 5.75 Å². The van der Waals surface area contributed by atoms with E-state index in [2.05, 4.69) is 15.4 Å². The summed E-state index contributed by atoms with van der Waals surface area (Å²) in [6.45, 7) is 5.40. The molecule has 1 aromatic carbocycles. The van der Waals surface area contributed by atoms with Gasteiger partial charge in [-0.1, -0.05) is 23.4 Å². The Morgan fingerprint density at radius 3 is 2.63 bits per heavy atom. The third-order valence-corrected chi connectivity index (χ3v) is 4.93. The summed E-state index contributed by atoms with van der Waals surface area (Å²) < 4.78 is 9.26. The number of nitrogens with zero attached hydrogens (tertiary/aromatic N) is 6. The first-order valence-electron chi connectivity index (χ1n) is 8.91. The van der Waals surface area contributed by atoms with Crippen molar-refractivity contribution in [3.8, 4) is 5.75 Å². The Kier molecular flexibility index (Phi) is 4.39. The summed E-state index contributed by atoms with van der Waals surface area (Å²) in [5.74, 6) is 0.830. The van der Waals surface area contributed by atoms with Gasteiger partial charge in [-0.15, -0.1) is 5.10 Å². The highest BCUT2D eigenvalue weighted by Crippen LogP contribution is 2.25. The highest BCUT2D eigenvalue weighted by Gasteiger charge is 2.35. The number of aromatic nitrogens is 5. The first kappa shape index (κ1) is 17.3. The molecule has 0 aliphatic carbocycles. The Labute approximate surface area is 157 Å². The molecular weight excluding hydrogens is 344 g/mol. The molecule has 0 atom stereocenters. The van der Waals surface area contributed by atoms with Gasteiger partial charge in [-0.05, 0) is 26.0 Å². The van der Waals surface area contributed by atoms with Crippen LogP contribution in [0.15, 0.2) is 36.5 Å². The van der Waals surface area contributed by atoms with Gasteiger partial charge in [-0.3, -0.25) is 9.48 Å². The highest BCUT2D eigenvalue weighted by molar-refractivity contribution is 5.96. The van der Waals surface area contributed by atoms with Gasteiger partial charge in [0.15, 0.2) is 0 Å². The molecule has 0 spiro atoms. The molecule has 4 rings (SSSR count). The topological polar surface area (TPSA) is 78.1 Å². The molecule has 3 heterocycles. The van der Waals surface area contributed by atoms with E-state index in [1.807, 2.05) is 67.0 Å². The molecular formula is C19H22N6O2. The number of para-hydroxylation sites is 1. The third kappa shape index (κ3) is 3.30. The normalized spacial score (nSPS) is 14.3. The van der Waals surface area contributed by atoms with Gasteiger partial charge in [-0.25, -0.2) is 4.68 Å². The highest BCUT2D eigenvalue weighted by atomic mass is 16.5. The van der Waals surface area contributed by atoms with Crippen LogP contribution in [0.2, 0.25) is 0 Å². The number of hydrogen-bond donors (Lipinski definition) is 0. The van der Waals surface area contributed by atoms with Crippen LogP contribution in [0.25, 0.3) is 0 Å². The molecule has 140 valence electrons. The van der Waals surface area contributed by atoms with Crippen molar-refractivity contribution < 1.29 is 9.53 Å². The van der Waals surface area contributed by atoms with E-state index in [0.29, 0.717) is 25.3 Å². The van der Waals surface area contributed by atoms with Gasteiger partial charge in [-0.2, -0.15) is 5.10 Å². The summed E-state index contributed by atoms with van der Waals surface area (Å²) in [6.07, 6.45) is 1.88. The van der Waals surface area contributed by atoms with Crippen molar-refractivity contribution in [2.45, 2.75) is 26.5 Å². The number of ether oxygens (including phenoxy) is 1. The van der Waals surface area contributed by atoms with Crippen LogP contribution in [0.1, 0.15) is 33.5 Å². The van der Waals surface area contributed by atoms with Gasteiger partial charge in [0.25, 0.3) is 5.91 Å². The fourth-order valence-corrected chi connectivity index (χ4v) is 3.26. The van der Waals surface area contributed by atoms with Crippen LogP contribution in [-0.4, -0.2) is 48.7 Å². The average molecular weight is 366 g/mol. The molecule has 0 saturated carbocycles. The molecule has 1 amide bonds. The smallest absolute Gasteiger partial charge is 0.257 e. The van der Waals surface area contributed by atoms with Crippen molar-refractivity contribution >= 4 is 5.91 Å². The number of likely N-dealkylation sites (tertiary alicyclic amines) is 1. The molecule has 1 aliphatic heterocycles. The zero-order valence-electron chi connectivity index (χ0n) is 15.7. The summed E-state index contributed by atoms with van der Waals surface area (Å²) in [6, 6.07) is 9.76. The minimum atomic E-state index is 0.0297. The van der Waals surface area contributed by atoms with Gasteiger partial charge in [0.1, 0.15) is 18.1 Å².